The molecule has 0 aliphatic carbocycles. The molecule has 0 radical (unpaired) electrons. The normalized spacial score (nSPS) is 12.2. The largest absolute Gasteiger partial charge is 0.467 e. The van der Waals surface area contributed by atoms with E-state index < -0.39 is 11.9 Å². The Morgan fingerprint density at radius 2 is 1.89 bits per heavy atom. The van der Waals surface area contributed by atoms with Crippen LogP contribution in [-0.4, -0.2) is 41.1 Å². The zero-order valence-corrected chi connectivity index (χ0v) is 15.7. The van der Waals surface area contributed by atoms with Gasteiger partial charge in [-0.2, -0.15) is 0 Å². The van der Waals surface area contributed by atoms with Gasteiger partial charge in [-0.1, -0.05) is 44.2 Å². The van der Waals surface area contributed by atoms with Crippen LogP contribution in [0.2, 0.25) is 0 Å². The summed E-state index contributed by atoms with van der Waals surface area (Å²) in [6.45, 7) is 4.63. The summed E-state index contributed by atoms with van der Waals surface area (Å²) in [5, 5.41) is 14.7. The molecule has 7 nitrogen and oxygen atoms in total. The average Bonchev–Trinajstić information content (AvgIpc) is 3.14. The monoisotopic (exact) mass is 373 g/mol. The van der Waals surface area contributed by atoms with Crippen molar-refractivity contribution in [3.8, 4) is 0 Å². The van der Waals surface area contributed by atoms with E-state index >= 15 is 0 Å². The fourth-order valence-corrected chi connectivity index (χ4v) is 2.83. The highest BCUT2D eigenvalue weighted by molar-refractivity contribution is 5.95. The summed E-state index contributed by atoms with van der Waals surface area (Å²) in [7, 11) is 0. The molecule has 3 amide bonds. The van der Waals surface area contributed by atoms with Gasteiger partial charge in [0.2, 0.25) is 5.91 Å². The number of carbonyl (C=O) groups is 2. The van der Waals surface area contributed by atoms with E-state index in [1.165, 1.54) is 6.26 Å². The molecule has 2 aromatic rings. The zero-order chi connectivity index (χ0) is 19.6. The molecule has 1 aromatic heterocycles. The summed E-state index contributed by atoms with van der Waals surface area (Å²) in [4.78, 5) is 26.1. The minimum atomic E-state index is -0.582. The number of furan rings is 1. The van der Waals surface area contributed by atoms with Gasteiger partial charge in [0.15, 0.2) is 0 Å². The molecule has 0 bridgehead atoms. The molecular formula is C20H27N3O4. The lowest BCUT2D eigenvalue weighted by Gasteiger charge is -2.32. The predicted molar refractivity (Wildman–Crippen MR) is 102 cm³/mol. The van der Waals surface area contributed by atoms with Crippen molar-refractivity contribution in [2.45, 2.75) is 33.0 Å². The Morgan fingerprint density at radius 3 is 2.48 bits per heavy atom. The second-order valence-corrected chi connectivity index (χ2v) is 6.69. The first-order valence-electron chi connectivity index (χ1n) is 8.98. The number of aliphatic hydroxyl groups is 1. The predicted octanol–water partition coefficient (Wildman–Crippen LogP) is 2.12. The number of hydrogen-bond acceptors (Lipinski definition) is 5. The number of urea groups is 1. The van der Waals surface area contributed by atoms with Crippen LogP contribution in [0.1, 0.15) is 25.2 Å². The van der Waals surface area contributed by atoms with Crippen LogP contribution in [0.4, 0.5) is 4.79 Å². The Hall–Kier alpha value is -2.64. The van der Waals surface area contributed by atoms with E-state index in [-0.39, 0.29) is 31.7 Å². The summed E-state index contributed by atoms with van der Waals surface area (Å²) >= 11 is 0. The smallest absolute Gasteiger partial charge is 0.321 e. The third kappa shape index (κ3) is 6.88. The van der Waals surface area contributed by atoms with E-state index in [0.29, 0.717) is 12.3 Å². The summed E-state index contributed by atoms with van der Waals surface area (Å²) in [6, 6.07) is 12.4. The maximum atomic E-state index is 12.3. The van der Waals surface area contributed by atoms with Crippen LogP contribution in [0.3, 0.4) is 0 Å². The van der Waals surface area contributed by atoms with Crippen molar-refractivity contribution in [3.05, 3.63) is 60.1 Å². The van der Waals surface area contributed by atoms with Gasteiger partial charge in [-0.15, -0.1) is 0 Å². The van der Waals surface area contributed by atoms with Crippen molar-refractivity contribution in [1.29, 1.82) is 0 Å². The molecule has 0 spiro atoms. The Kier molecular flexibility index (Phi) is 8.03. The third-order valence-corrected chi connectivity index (χ3v) is 4.26. The quantitative estimate of drug-likeness (QED) is 0.626. The highest BCUT2D eigenvalue weighted by Gasteiger charge is 2.24. The van der Waals surface area contributed by atoms with Gasteiger partial charge in [-0.25, -0.2) is 4.79 Å². The maximum Gasteiger partial charge on any atom is 0.321 e. The molecule has 1 atom stereocenters. The number of imide groups is 1. The van der Waals surface area contributed by atoms with E-state index in [2.05, 4.69) is 10.6 Å². The van der Waals surface area contributed by atoms with Gasteiger partial charge in [0.1, 0.15) is 5.76 Å². The Morgan fingerprint density at radius 1 is 1.15 bits per heavy atom. The van der Waals surface area contributed by atoms with Crippen LogP contribution in [-0.2, 0) is 17.9 Å². The first-order valence-corrected chi connectivity index (χ1v) is 8.98. The van der Waals surface area contributed by atoms with Crippen molar-refractivity contribution in [2.75, 3.05) is 13.2 Å². The van der Waals surface area contributed by atoms with E-state index in [4.69, 9.17) is 4.42 Å². The number of hydrogen-bond donors (Lipinski definition) is 3. The average molecular weight is 373 g/mol. The molecule has 0 saturated carbocycles. The second-order valence-electron chi connectivity index (χ2n) is 6.69. The first kappa shape index (κ1) is 20.7. The lowest BCUT2D eigenvalue weighted by molar-refractivity contribution is -0.122. The number of carbonyl (C=O) groups excluding carboxylic acids is 2. The molecule has 2 rings (SSSR count). The van der Waals surface area contributed by atoms with Crippen molar-refractivity contribution in [3.63, 3.8) is 0 Å². The molecule has 146 valence electrons. The molecule has 1 heterocycles. The number of rotatable bonds is 9. The van der Waals surface area contributed by atoms with E-state index in [0.717, 1.165) is 5.56 Å². The summed E-state index contributed by atoms with van der Waals surface area (Å²) in [5.74, 6) is 0.324. The first-order chi connectivity index (χ1) is 13.0. The van der Waals surface area contributed by atoms with Crippen LogP contribution in [0.5, 0.6) is 0 Å². The Balaban J connectivity index is 1.93. The highest BCUT2D eigenvalue weighted by atomic mass is 16.3. The van der Waals surface area contributed by atoms with Crippen LogP contribution >= 0.6 is 0 Å². The summed E-state index contributed by atoms with van der Waals surface area (Å²) in [6.07, 6.45) is 1.52. The van der Waals surface area contributed by atoms with Gasteiger partial charge in [-0.3, -0.25) is 15.0 Å². The molecular weight excluding hydrogens is 346 g/mol. The number of nitrogens with zero attached hydrogens (tertiary/aromatic N) is 1. The van der Waals surface area contributed by atoms with Gasteiger partial charge >= 0.3 is 6.03 Å². The fourth-order valence-electron chi connectivity index (χ4n) is 2.83. The molecule has 1 unspecified atom stereocenters. The van der Waals surface area contributed by atoms with Crippen LogP contribution < -0.4 is 10.6 Å². The molecule has 1 aromatic carbocycles. The van der Waals surface area contributed by atoms with Crippen LogP contribution in [0, 0.1) is 5.92 Å². The fraction of sp³-hybridized carbons (Fsp3) is 0.400. The van der Waals surface area contributed by atoms with Gasteiger partial charge in [0.05, 0.1) is 26.0 Å². The summed E-state index contributed by atoms with van der Waals surface area (Å²) in [5.41, 5.74) is 1.03. The lowest BCUT2D eigenvalue weighted by Crippen LogP contribution is -2.49. The number of nitrogens with one attached hydrogen (secondary N) is 2. The van der Waals surface area contributed by atoms with Crippen molar-refractivity contribution in [1.82, 2.24) is 15.5 Å². The molecule has 0 fully saturated rings. The van der Waals surface area contributed by atoms with E-state index in [1.807, 2.05) is 49.1 Å². The number of benzene rings is 1. The molecule has 0 saturated heterocycles. The minimum Gasteiger partial charge on any atom is -0.467 e. The molecule has 0 aliphatic heterocycles. The van der Waals surface area contributed by atoms with Gasteiger partial charge < -0.3 is 14.8 Å². The molecule has 7 heteroatoms. The topological polar surface area (TPSA) is 94.8 Å². The van der Waals surface area contributed by atoms with Crippen molar-refractivity contribution < 1.29 is 19.1 Å². The maximum absolute atomic E-state index is 12.3. The van der Waals surface area contributed by atoms with Crippen molar-refractivity contribution >= 4 is 11.9 Å². The van der Waals surface area contributed by atoms with Gasteiger partial charge in [-0.05, 0) is 23.6 Å². The SMILES string of the molecule is CC(C)C(CO)N(CC(=O)NC(=O)NCc1ccco1)Cc1ccccc1. The summed E-state index contributed by atoms with van der Waals surface area (Å²) < 4.78 is 5.13. The number of amides is 3. The molecule has 27 heavy (non-hydrogen) atoms. The van der Waals surface area contributed by atoms with Crippen LogP contribution in [0.25, 0.3) is 0 Å². The second kappa shape index (κ2) is 10.5. The molecule has 3 N–H and O–H groups in total. The van der Waals surface area contributed by atoms with E-state index in [9.17, 15) is 14.7 Å². The standard InChI is InChI=1S/C20H27N3O4/c1-15(2)18(14-24)23(12-16-7-4-3-5-8-16)13-19(25)22-20(26)21-11-17-9-6-10-27-17/h3-10,15,18,24H,11-14H2,1-2H3,(H2,21,22,25,26). The van der Waals surface area contributed by atoms with Crippen molar-refractivity contribution in [2.24, 2.45) is 5.92 Å². The van der Waals surface area contributed by atoms with Gasteiger partial charge in [0.25, 0.3) is 0 Å². The van der Waals surface area contributed by atoms with Gasteiger partial charge in [0, 0.05) is 12.6 Å². The molecule has 0 aliphatic rings. The van der Waals surface area contributed by atoms with Crippen LogP contribution in [0.15, 0.2) is 53.1 Å². The minimum absolute atomic E-state index is 0.00642. The Bertz CT molecular complexity index is 701. The van der Waals surface area contributed by atoms with E-state index in [1.54, 1.807) is 12.1 Å². The zero-order valence-electron chi connectivity index (χ0n) is 15.7. The Labute approximate surface area is 159 Å². The highest BCUT2D eigenvalue weighted by Crippen LogP contribution is 2.14. The lowest BCUT2D eigenvalue weighted by atomic mass is 10.0. The third-order valence-electron chi connectivity index (χ3n) is 4.26. The number of aliphatic hydroxyl groups excluding tert-OH is 1.